The van der Waals surface area contributed by atoms with Crippen molar-refractivity contribution in [2.24, 2.45) is 0 Å². The number of nitrogens with one attached hydrogen (secondary N) is 1. The lowest BCUT2D eigenvalue weighted by Crippen LogP contribution is -2.14. The first kappa shape index (κ1) is 19.8. The van der Waals surface area contributed by atoms with Gasteiger partial charge in [0.1, 0.15) is 11.5 Å². The molecule has 11 heteroatoms. The second-order valence-electron chi connectivity index (χ2n) is 6.55. The van der Waals surface area contributed by atoms with Crippen LogP contribution in [-0.2, 0) is 23.1 Å². The number of benzene rings is 1. The highest BCUT2D eigenvalue weighted by molar-refractivity contribution is 7.87. The van der Waals surface area contributed by atoms with Crippen LogP contribution in [0.15, 0.2) is 42.7 Å². The molecule has 0 saturated carbocycles. The van der Waals surface area contributed by atoms with Crippen LogP contribution < -0.4 is 15.2 Å². The van der Waals surface area contributed by atoms with Gasteiger partial charge >= 0.3 is 10.1 Å². The number of allylic oxidation sites excluding steroid dienone is 1. The Morgan fingerprint density at radius 1 is 1.33 bits per heavy atom. The van der Waals surface area contributed by atoms with E-state index in [1.54, 1.807) is 29.1 Å². The summed E-state index contributed by atoms with van der Waals surface area (Å²) < 4.78 is 44.2. The fourth-order valence-electron chi connectivity index (χ4n) is 3.03. The number of fused-ring (bicyclic) bond motifs is 1. The van der Waals surface area contributed by atoms with Gasteiger partial charge in [0.25, 0.3) is 0 Å². The highest BCUT2D eigenvalue weighted by Crippen LogP contribution is 2.32. The van der Waals surface area contributed by atoms with Crippen molar-refractivity contribution in [1.82, 2.24) is 19.7 Å². The topological polar surface area (TPSA) is 125 Å². The van der Waals surface area contributed by atoms with Crippen LogP contribution in [0.2, 0.25) is 0 Å². The fourth-order valence-corrected chi connectivity index (χ4v) is 3.55. The van der Waals surface area contributed by atoms with Gasteiger partial charge in [-0.3, -0.25) is 4.68 Å². The second-order valence-corrected chi connectivity index (χ2v) is 8.41. The summed E-state index contributed by atoms with van der Waals surface area (Å²) in [5, 5.41) is 7.59. The molecule has 0 aliphatic carbocycles. The highest BCUT2D eigenvalue weighted by atomic mass is 32.2. The van der Waals surface area contributed by atoms with Crippen LogP contribution in [0, 0.1) is 5.82 Å². The standard InChI is InChI=1S/C19H19FN6O3S/c1-2-30(27,28)29-15-10-23-19(24-17(15)21)16-13-7-5-9-22-18(13)25-26(16)11-12-6-3-4-8-14(12)20/h3-6,8-10H,2,7,11H2,1H3,(H,22,25)(H2,21,23,24). The van der Waals surface area contributed by atoms with E-state index in [2.05, 4.69) is 20.4 Å². The largest absolute Gasteiger partial charge is 0.380 e. The van der Waals surface area contributed by atoms with Crippen LogP contribution >= 0.6 is 0 Å². The molecule has 3 aromatic rings. The lowest BCUT2D eigenvalue weighted by molar-refractivity contribution is 0.486. The first-order valence-electron chi connectivity index (χ1n) is 9.17. The third-order valence-electron chi connectivity index (χ3n) is 4.55. The summed E-state index contributed by atoms with van der Waals surface area (Å²) >= 11 is 0. The molecular formula is C19H19FN6O3S. The highest BCUT2D eigenvalue weighted by Gasteiger charge is 2.24. The molecule has 3 N–H and O–H groups in total. The Morgan fingerprint density at radius 3 is 2.87 bits per heavy atom. The maximum atomic E-state index is 14.2. The molecule has 0 amide bonds. The van der Waals surface area contributed by atoms with Gasteiger partial charge in [-0.15, -0.1) is 0 Å². The fraction of sp³-hybridized carbons (Fsp3) is 0.211. The Hall–Kier alpha value is -3.47. The minimum atomic E-state index is -3.77. The zero-order valence-electron chi connectivity index (χ0n) is 16.0. The van der Waals surface area contributed by atoms with E-state index in [1.165, 1.54) is 19.2 Å². The summed E-state index contributed by atoms with van der Waals surface area (Å²) in [6.45, 7) is 1.61. The maximum absolute atomic E-state index is 14.2. The van der Waals surface area contributed by atoms with E-state index in [-0.39, 0.29) is 35.5 Å². The number of hydrogen-bond donors (Lipinski definition) is 2. The summed E-state index contributed by atoms with van der Waals surface area (Å²) in [6, 6.07) is 6.42. The van der Waals surface area contributed by atoms with Crippen molar-refractivity contribution >= 4 is 21.8 Å². The first-order chi connectivity index (χ1) is 14.4. The summed E-state index contributed by atoms with van der Waals surface area (Å²) in [5.41, 5.74) is 7.76. The molecule has 4 rings (SSSR count). The predicted octanol–water partition coefficient (Wildman–Crippen LogP) is 2.32. The number of nitrogens with zero attached hydrogens (tertiary/aromatic N) is 4. The molecule has 1 aliphatic heterocycles. The van der Waals surface area contributed by atoms with Crippen LogP contribution in [0.25, 0.3) is 11.5 Å². The first-order valence-corrected chi connectivity index (χ1v) is 10.8. The van der Waals surface area contributed by atoms with Gasteiger partial charge < -0.3 is 15.2 Å². The quantitative estimate of drug-likeness (QED) is 0.571. The van der Waals surface area contributed by atoms with Crippen LogP contribution in [-0.4, -0.2) is 33.9 Å². The number of nitrogen functional groups attached to an aromatic ring is 1. The Morgan fingerprint density at radius 2 is 2.13 bits per heavy atom. The third-order valence-corrected chi connectivity index (χ3v) is 5.69. The Kier molecular flexibility index (Phi) is 5.12. The molecule has 0 bridgehead atoms. The van der Waals surface area contributed by atoms with E-state index < -0.39 is 10.1 Å². The average molecular weight is 430 g/mol. The van der Waals surface area contributed by atoms with E-state index in [0.29, 0.717) is 23.5 Å². The van der Waals surface area contributed by atoms with Crippen molar-refractivity contribution in [3.63, 3.8) is 0 Å². The summed E-state index contributed by atoms with van der Waals surface area (Å²) in [7, 11) is -3.77. The molecule has 9 nitrogen and oxygen atoms in total. The van der Waals surface area contributed by atoms with Crippen LogP contribution in [0.5, 0.6) is 5.75 Å². The van der Waals surface area contributed by atoms with Crippen molar-refractivity contribution in [2.45, 2.75) is 19.9 Å². The van der Waals surface area contributed by atoms with Gasteiger partial charge in [0.15, 0.2) is 17.5 Å². The molecule has 30 heavy (non-hydrogen) atoms. The Labute approximate surface area is 172 Å². The van der Waals surface area contributed by atoms with E-state index in [4.69, 9.17) is 9.92 Å². The van der Waals surface area contributed by atoms with E-state index in [0.717, 1.165) is 5.56 Å². The SMILES string of the molecule is CCS(=O)(=O)Oc1cnc(-c2c3c(nn2Cc2ccccc2F)NC=CC3)nc1N. The van der Waals surface area contributed by atoms with Gasteiger partial charge in [-0.25, -0.2) is 14.4 Å². The minimum absolute atomic E-state index is 0.122. The molecular weight excluding hydrogens is 411 g/mol. The third kappa shape index (κ3) is 3.83. The normalized spacial score (nSPS) is 13.0. The molecule has 0 radical (unpaired) electrons. The van der Waals surface area contributed by atoms with E-state index in [9.17, 15) is 12.8 Å². The molecule has 3 heterocycles. The summed E-state index contributed by atoms with van der Waals surface area (Å²) in [4.78, 5) is 8.48. The molecule has 0 fully saturated rings. The number of aromatic nitrogens is 4. The van der Waals surface area contributed by atoms with Crippen LogP contribution in [0.4, 0.5) is 16.0 Å². The number of rotatable bonds is 6. The lowest BCUT2D eigenvalue weighted by atomic mass is 10.1. The number of halogens is 1. The number of anilines is 2. The second kappa shape index (κ2) is 7.75. The minimum Gasteiger partial charge on any atom is -0.380 e. The van der Waals surface area contributed by atoms with Crippen molar-refractivity contribution in [2.75, 3.05) is 16.8 Å². The van der Waals surface area contributed by atoms with Crippen LogP contribution in [0.1, 0.15) is 18.1 Å². The van der Waals surface area contributed by atoms with Gasteiger partial charge in [-0.2, -0.15) is 13.5 Å². The average Bonchev–Trinajstić information content (AvgIpc) is 3.09. The molecule has 1 aromatic carbocycles. The summed E-state index contributed by atoms with van der Waals surface area (Å²) in [5.74, 6) is 0.0129. The van der Waals surface area contributed by atoms with E-state index in [1.807, 2.05) is 6.08 Å². The molecule has 1 aliphatic rings. The van der Waals surface area contributed by atoms with Crippen molar-refractivity contribution in [1.29, 1.82) is 0 Å². The van der Waals surface area contributed by atoms with E-state index >= 15 is 0 Å². The molecule has 0 spiro atoms. The van der Waals surface area contributed by atoms with Crippen molar-refractivity contribution < 1.29 is 17.0 Å². The zero-order chi connectivity index (χ0) is 21.3. The van der Waals surface area contributed by atoms with Gasteiger partial charge in [0.2, 0.25) is 5.75 Å². The lowest BCUT2D eigenvalue weighted by Gasteiger charge is -2.12. The molecule has 0 atom stereocenters. The van der Waals surface area contributed by atoms with Gasteiger partial charge in [-0.05, 0) is 25.6 Å². The smallest absolute Gasteiger partial charge is 0.309 e. The van der Waals surface area contributed by atoms with Gasteiger partial charge in [0.05, 0.1) is 18.5 Å². The number of nitrogens with two attached hydrogens (primary N) is 1. The monoisotopic (exact) mass is 430 g/mol. The Bertz CT molecular complexity index is 1240. The Balaban J connectivity index is 1.77. The molecule has 0 unspecified atom stereocenters. The van der Waals surface area contributed by atoms with Gasteiger partial charge in [0, 0.05) is 11.1 Å². The van der Waals surface area contributed by atoms with Crippen molar-refractivity contribution in [3.8, 4) is 17.3 Å². The summed E-state index contributed by atoms with van der Waals surface area (Å²) in [6.07, 6.45) is 5.47. The van der Waals surface area contributed by atoms with Crippen molar-refractivity contribution in [3.05, 3.63) is 59.7 Å². The molecule has 0 saturated heterocycles. The van der Waals surface area contributed by atoms with Crippen LogP contribution in [0.3, 0.4) is 0 Å². The van der Waals surface area contributed by atoms with Gasteiger partial charge in [-0.1, -0.05) is 24.3 Å². The predicted molar refractivity (Wildman–Crippen MR) is 110 cm³/mol. The molecule has 156 valence electrons. The molecule has 2 aromatic heterocycles. The zero-order valence-corrected chi connectivity index (χ0v) is 16.9. The maximum Gasteiger partial charge on any atom is 0.309 e. The number of hydrogen-bond acceptors (Lipinski definition) is 8.